The summed E-state index contributed by atoms with van der Waals surface area (Å²) in [5.41, 5.74) is 1.82. The molecule has 7 heteroatoms. The van der Waals surface area contributed by atoms with Crippen LogP contribution in [-0.4, -0.2) is 19.9 Å². The normalized spacial score (nSPS) is 11.2. The number of hydrogen-bond acceptors (Lipinski definition) is 5. The van der Waals surface area contributed by atoms with Crippen molar-refractivity contribution in [1.82, 2.24) is 9.71 Å². The third-order valence-corrected chi connectivity index (χ3v) is 4.98. The molecule has 0 amide bonds. The summed E-state index contributed by atoms with van der Waals surface area (Å²) >= 11 is 0. The van der Waals surface area contributed by atoms with Gasteiger partial charge in [0.1, 0.15) is 6.26 Å². The summed E-state index contributed by atoms with van der Waals surface area (Å²) in [5, 5.41) is 8.86. The van der Waals surface area contributed by atoms with Gasteiger partial charge in [0, 0.05) is 18.5 Å². The summed E-state index contributed by atoms with van der Waals surface area (Å²) in [6.45, 7) is 0.180. The lowest BCUT2D eigenvalue weighted by molar-refractivity contribution is 0.570. The molecule has 1 heterocycles. The zero-order valence-corrected chi connectivity index (χ0v) is 14.0. The predicted molar refractivity (Wildman–Crippen MR) is 92.0 cm³/mol. The highest BCUT2D eigenvalue weighted by Crippen LogP contribution is 2.18. The van der Waals surface area contributed by atoms with Gasteiger partial charge >= 0.3 is 0 Å². The molecule has 0 saturated heterocycles. The summed E-state index contributed by atoms with van der Waals surface area (Å²) in [4.78, 5) is 4.42. The SMILES string of the molecule is N#Cc1cccc(S(=O)(=O)NCCc2coc(-c3ccccc3)n2)c1. The van der Waals surface area contributed by atoms with Crippen molar-refractivity contribution in [3.05, 3.63) is 72.1 Å². The molecule has 3 aromatic rings. The molecule has 6 nitrogen and oxygen atoms in total. The van der Waals surface area contributed by atoms with E-state index in [0.717, 1.165) is 5.56 Å². The van der Waals surface area contributed by atoms with Crippen molar-refractivity contribution in [1.29, 1.82) is 5.26 Å². The van der Waals surface area contributed by atoms with Crippen molar-refractivity contribution in [3.63, 3.8) is 0 Å². The van der Waals surface area contributed by atoms with Crippen LogP contribution in [-0.2, 0) is 16.4 Å². The van der Waals surface area contributed by atoms with Crippen LogP contribution in [0.25, 0.3) is 11.5 Å². The van der Waals surface area contributed by atoms with Crippen molar-refractivity contribution >= 4 is 10.0 Å². The van der Waals surface area contributed by atoms with Crippen LogP contribution in [0.4, 0.5) is 0 Å². The Morgan fingerprint density at radius 2 is 1.92 bits per heavy atom. The van der Waals surface area contributed by atoms with Crippen LogP contribution in [0.3, 0.4) is 0 Å². The monoisotopic (exact) mass is 353 g/mol. The van der Waals surface area contributed by atoms with Crippen LogP contribution in [0.5, 0.6) is 0 Å². The molecule has 0 aliphatic heterocycles. The van der Waals surface area contributed by atoms with E-state index in [1.165, 1.54) is 24.5 Å². The van der Waals surface area contributed by atoms with Gasteiger partial charge in [-0.25, -0.2) is 18.1 Å². The van der Waals surface area contributed by atoms with E-state index in [2.05, 4.69) is 9.71 Å². The van der Waals surface area contributed by atoms with E-state index in [1.54, 1.807) is 6.07 Å². The Bertz CT molecular complexity index is 1010. The smallest absolute Gasteiger partial charge is 0.240 e. The Kier molecular flexibility index (Phi) is 4.93. The van der Waals surface area contributed by atoms with Crippen molar-refractivity contribution in [2.45, 2.75) is 11.3 Å². The van der Waals surface area contributed by atoms with Gasteiger partial charge in [-0.15, -0.1) is 0 Å². The van der Waals surface area contributed by atoms with Crippen LogP contribution in [0.1, 0.15) is 11.3 Å². The minimum absolute atomic E-state index is 0.0664. The van der Waals surface area contributed by atoms with E-state index in [4.69, 9.17) is 9.68 Å². The summed E-state index contributed by atoms with van der Waals surface area (Å²) < 4.78 is 32.4. The number of sulfonamides is 1. The zero-order chi connectivity index (χ0) is 17.7. The van der Waals surface area contributed by atoms with Gasteiger partial charge in [0.05, 0.1) is 22.2 Å². The van der Waals surface area contributed by atoms with Gasteiger partial charge in [0.25, 0.3) is 0 Å². The fourth-order valence-electron chi connectivity index (χ4n) is 2.26. The molecule has 0 aliphatic rings. The van der Waals surface area contributed by atoms with Crippen LogP contribution < -0.4 is 4.72 Å². The minimum Gasteiger partial charge on any atom is -0.444 e. The largest absolute Gasteiger partial charge is 0.444 e. The number of nitrogens with one attached hydrogen (secondary N) is 1. The Morgan fingerprint density at radius 1 is 1.12 bits per heavy atom. The molecule has 0 spiro atoms. The molecule has 3 rings (SSSR count). The summed E-state index contributed by atoms with van der Waals surface area (Å²) in [7, 11) is -3.67. The zero-order valence-electron chi connectivity index (χ0n) is 13.2. The molecule has 0 aliphatic carbocycles. The van der Waals surface area contributed by atoms with E-state index in [9.17, 15) is 8.42 Å². The molecule has 126 valence electrons. The first kappa shape index (κ1) is 16.9. The second-order valence-electron chi connectivity index (χ2n) is 5.30. The number of aromatic nitrogens is 1. The maximum atomic E-state index is 12.3. The third-order valence-electron chi connectivity index (χ3n) is 3.52. The van der Waals surface area contributed by atoms with Gasteiger partial charge < -0.3 is 4.42 Å². The molecular formula is C18H15N3O3S. The summed E-state index contributed by atoms with van der Waals surface area (Å²) in [6.07, 6.45) is 1.92. The topological polar surface area (TPSA) is 96.0 Å². The van der Waals surface area contributed by atoms with Crippen molar-refractivity contribution in [3.8, 4) is 17.5 Å². The number of rotatable bonds is 6. The molecule has 25 heavy (non-hydrogen) atoms. The highest BCUT2D eigenvalue weighted by atomic mass is 32.2. The number of nitrogens with zero attached hydrogens (tertiary/aromatic N) is 2. The average molecular weight is 353 g/mol. The first-order valence-corrected chi connectivity index (χ1v) is 9.06. The maximum Gasteiger partial charge on any atom is 0.240 e. The average Bonchev–Trinajstić information content (AvgIpc) is 3.11. The van der Waals surface area contributed by atoms with Crippen molar-refractivity contribution in [2.75, 3.05) is 6.54 Å². The lowest BCUT2D eigenvalue weighted by atomic mass is 10.2. The Morgan fingerprint density at radius 3 is 2.68 bits per heavy atom. The molecule has 0 fully saturated rings. The van der Waals surface area contributed by atoms with Crippen LogP contribution in [0.15, 0.2) is 70.2 Å². The third kappa shape index (κ3) is 4.12. The molecule has 1 N–H and O–H groups in total. The van der Waals surface area contributed by atoms with Gasteiger partial charge in [0.2, 0.25) is 15.9 Å². The Hall–Kier alpha value is -2.95. The highest BCUT2D eigenvalue weighted by Gasteiger charge is 2.14. The standard InChI is InChI=1S/C18H15N3O3S/c19-12-14-5-4-8-17(11-14)25(22,23)20-10-9-16-13-24-18(21-16)15-6-2-1-3-7-15/h1-8,11,13,20H,9-10H2. The molecule has 0 unspecified atom stereocenters. The fourth-order valence-corrected chi connectivity index (χ4v) is 3.34. The van der Waals surface area contributed by atoms with E-state index in [-0.39, 0.29) is 11.4 Å². The fraction of sp³-hybridized carbons (Fsp3) is 0.111. The molecule has 0 saturated carbocycles. The molecule has 0 atom stereocenters. The molecule has 0 bridgehead atoms. The van der Waals surface area contributed by atoms with Gasteiger partial charge in [-0.1, -0.05) is 24.3 Å². The van der Waals surface area contributed by atoms with Crippen LogP contribution in [0.2, 0.25) is 0 Å². The molecule has 2 aromatic carbocycles. The van der Waals surface area contributed by atoms with E-state index in [0.29, 0.717) is 23.6 Å². The van der Waals surface area contributed by atoms with Crippen LogP contribution in [0, 0.1) is 11.3 Å². The second-order valence-corrected chi connectivity index (χ2v) is 7.06. The quantitative estimate of drug-likeness (QED) is 0.735. The molecule has 0 radical (unpaired) electrons. The highest BCUT2D eigenvalue weighted by molar-refractivity contribution is 7.89. The first-order valence-electron chi connectivity index (χ1n) is 7.58. The number of benzene rings is 2. The van der Waals surface area contributed by atoms with Gasteiger partial charge in [0.15, 0.2) is 0 Å². The number of oxazole rings is 1. The second kappa shape index (κ2) is 7.30. The lowest BCUT2D eigenvalue weighted by Gasteiger charge is -2.05. The summed E-state index contributed by atoms with van der Waals surface area (Å²) in [5.74, 6) is 0.500. The predicted octanol–water partition coefficient (Wildman–Crippen LogP) is 2.73. The minimum atomic E-state index is -3.67. The number of hydrogen-bond donors (Lipinski definition) is 1. The lowest BCUT2D eigenvalue weighted by Crippen LogP contribution is -2.26. The Balaban J connectivity index is 1.63. The molecule has 1 aromatic heterocycles. The van der Waals surface area contributed by atoms with E-state index >= 15 is 0 Å². The van der Waals surface area contributed by atoms with Gasteiger partial charge in [-0.3, -0.25) is 0 Å². The van der Waals surface area contributed by atoms with E-state index < -0.39 is 10.0 Å². The van der Waals surface area contributed by atoms with Crippen molar-refractivity contribution < 1.29 is 12.8 Å². The molecular weight excluding hydrogens is 338 g/mol. The van der Waals surface area contributed by atoms with E-state index in [1.807, 2.05) is 36.4 Å². The van der Waals surface area contributed by atoms with Crippen molar-refractivity contribution in [2.24, 2.45) is 0 Å². The number of nitriles is 1. The Labute approximate surface area is 145 Å². The summed E-state index contributed by atoms with van der Waals surface area (Å²) in [6, 6.07) is 17.3. The van der Waals surface area contributed by atoms with Gasteiger partial charge in [-0.2, -0.15) is 5.26 Å². The first-order chi connectivity index (χ1) is 12.1. The van der Waals surface area contributed by atoms with Gasteiger partial charge in [-0.05, 0) is 30.3 Å². The van der Waals surface area contributed by atoms with Crippen LogP contribution >= 0.6 is 0 Å². The maximum absolute atomic E-state index is 12.3.